The second kappa shape index (κ2) is 12.7. The van der Waals surface area contributed by atoms with E-state index in [9.17, 15) is 18.4 Å². The molecule has 3 aliphatic rings. The smallest absolute Gasteiger partial charge is 0.253 e. The van der Waals surface area contributed by atoms with Crippen LogP contribution in [-0.4, -0.2) is 72.7 Å². The summed E-state index contributed by atoms with van der Waals surface area (Å²) in [6, 6.07) is 6.07. The molecule has 0 atom stereocenters. The van der Waals surface area contributed by atoms with Crippen LogP contribution in [0.25, 0.3) is 0 Å². The Kier molecular flexibility index (Phi) is 9.23. The first-order valence-electron chi connectivity index (χ1n) is 15.3. The van der Waals surface area contributed by atoms with Crippen molar-refractivity contribution < 1.29 is 23.0 Å². The zero-order valence-corrected chi connectivity index (χ0v) is 25.2. The van der Waals surface area contributed by atoms with Gasteiger partial charge in [-0.25, -0.2) is 8.78 Å². The summed E-state index contributed by atoms with van der Waals surface area (Å²) in [6.45, 7) is 11.7. The zero-order valence-electron chi connectivity index (χ0n) is 25.2. The maximum absolute atomic E-state index is 14.0. The number of hydrogen-bond acceptors (Lipinski definition) is 6. The third-order valence-electron chi connectivity index (χ3n) is 9.23. The Labute approximate surface area is 246 Å². The summed E-state index contributed by atoms with van der Waals surface area (Å²) >= 11 is 0. The van der Waals surface area contributed by atoms with Gasteiger partial charge < -0.3 is 24.7 Å². The second-order valence-electron chi connectivity index (χ2n) is 12.1. The highest BCUT2D eigenvalue weighted by molar-refractivity contribution is 5.97. The number of alkyl halides is 2. The average Bonchev–Trinajstić information content (AvgIpc) is 2.92. The molecular weight excluding hydrogens is 542 g/mol. The highest BCUT2D eigenvalue weighted by Gasteiger charge is 2.38. The number of nitrogens with zero attached hydrogens (tertiary/aromatic N) is 2. The van der Waals surface area contributed by atoms with E-state index in [0.29, 0.717) is 42.3 Å². The van der Waals surface area contributed by atoms with Gasteiger partial charge in [0.1, 0.15) is 11.9 Å². The van der Waals surface area contributed by atoms with Crippen LogP contribution in [0.15, 0.2) is 23.0 Å². The van der Waals surface area contributed by atoms with Crippen LogP contribution in [0.3, 0.4) is 0 Å². The van der Waals surface area contributed by atoms with Crippen LogP contribution >= 0.6 is 0 Å². The van der Waals surface area contributed by atoms with Crippen LogP contribution in [0.1, 0.15) is 78.2 Å². The maximum atomic E-state index is 14.0. The first kappa shape index (κ1) is 30.5. The number of nitrogens with one attached hydrogen (secondary N) is 2. The minimum Gasteiger partial charge on any atom is -0.490 e. The lowest BCUT2D eigenvalue weighted by atomic mass is 9.87. The SMILES string of the molecule is CCN(c1cc(OC2CC(N3CCOCC3)C2)cc(C(=O)NCc2c(C)cc(C)[nH]c2=O)c1C)C1CCC(F)(F)CC1. The van der Waals surface area contributed by atoms with Gasteiger partial charge >= 0.3 is 0 Å². The fourth-order valence-corrected chi connectivity index (χ4v) is 6.67. The molecule has 0 spiro atoms. The lowest BCUT2D eigenvalue weighted by Gasteiger charge is -2.44. The van der Waals surface area contributed by atoms with Gasteiger partial charge in [-0.2, -0.15) is 0 Å². The van der Waals surface area contributed by atoms with Gasteiger partial charge in [-0.15, -0.1) is 0 Å². The van der Waals surface area contributed by atoms with Crippen LogP contribution in [0.4, 0.5) is 14.5 Å². The number of morpholine rings is 1. The summed E-state index contributed by atoms with van der Waals surface area (Å²) in [4.78, 5) is 33.6. The summed E-state index contributed by atoms with van der Waals surface area (Å²) in [7, 11) is 0. The molecule has 2 saturated carbocycles. The Morgan fingerprint density at radius 3 is 2.48 bits per heavy atom. The van der Waals surface area contributed by atoms with Gasteiger partial charge in [0.15, 0.2) is 0 Å². The van der Waals surface area contributed by atoms with Crippen molar-refractivity contribution in [1.82, 2.24) is 15.2 Å². The summed E-state index contributed by atoms with van der Waals surface area (Å²) in [5.74, 6) is -2.31. The number of carbonyl (C=O) groups excluding carboxylic acids is 1. The van der Waals surface area contributed by atoms with E-state index in [0.717, 1.165) is 61.7 Å². The minimum absolute atomic E-state index is 0.0392. The first-order chi connectivity index (χ1) is 20.0. The van der Waals surface area contributed by atoms with Gasteiger partial charge in [-0.1, -0.05) is 0 Å². The number of benzene rings is 1. The van der Waals surface area contributed by atoms with Crippen molar-refractivity contribution in [2.45, 2.75) is 96.9 Å². The number of aromatic amines is 1. The normalized spacial score (nSPS) is 22.8. The largest absolute Gasteiger partial charge is 0.490 e. The molecule has 1 aromatic heterocycles. The molecule has 1 aromatic carbocycles. The maximum Gasteiger partial charge on any atom is 0.253 e. The van der Waals surface area contributed by atoms with Crippen molar-refractivity contribution in [2.75, 3.05) is 37.7 Å². The Balaban J connectivity index is 1.38. The van der Waals surface area contributed by atoms with E-state index < -0.39 is 5.92 Å². The standard InChI is InChI=1S/C32H44F2N4O4/c1-5-38(23-6-8-32(33,34)9-7-23)29-18-26(42-25-15-24(16-25)37-10-12-41-13-11-37)17-27(22(29)4)30(39)35-19-28-20(2)14-21(3)36-31(28)40/h14,17-18,23-25H,5-13,15-16,19H2,1-4H3,(H,35,39)(H,36,40). The molecule has 2 aromatic rings. The fourth-order valence-electron chi connectivity index (χ4n) is 6.67. The summed E-state index contributed by atoms with van der Waals surface area (Å²) < 4.78 is 39.9. The van der Waals surface area contributed by atoms with E-state index >= 15 is 0 Å². The van der Waals surface area contributed by atoms with E-state index in [4.69, 9.17) is 9.47 Å². The van der Waals surface area contributed by atoms with E-state index in [1.807, 2.05) is 39.8 Å². The topological polar surface area (TPSA) is 86.9 Å². The van der Waals surface area contributed by atoms with Gasteiger partial charge in [-0.05, 0) is 63.8 Å². The number of amides is 1. The molecule has 1 amide bonds. The van der Waals surface area contributed by atoms with E-state index in [2.05, 4.69) is 20.1 Å². The summed E-state index contributed by atoms with van der Waals surface area (Å²) in [5.41, 5.74) is 3.96. The number of H-pyrrole nitrogens is 1. The molecule has 10 heteroatoms. The third-order valence-corrected chi connectivity index (χ3v) is 9.23. The predicted molar refractivity (Wildman–Crippen MR) is 159 cm³/mol. The number of aryl methyl sites for hydroxylation is 2. The van der Waals surface area contributed by atoms with Crippen molar-refractivity contribution in [1.29, 1.82) is 0 Å². The molecular formula is C32H44F2N4O4. The average molecular weight is 587 g/mol. The Bertz CT molecular complexity index is 1320. The van der Waals surface area contributed by atoms with Gasteiger partial charge in [0, 0.05) is 92.5 Å². The number of halogens is 2. The van der Waals surface area contributed by atoms with E-state index in [-0.39, 0.29) is 43.0 Å². The monoisotopic (exact) mass is 586 g/mol. The van der Waals surface area contributed by atoms with Crippen molar-refractivity contribution in [3.63, 3.8) is 0 Å². The zero-order chi connectivity index (χ0) is 30.0. The van der Waals surface area contributed by atoms with Gasteiger partial charge in [0.25, 0.3) is 11.5 Å². The molecule has 0 unspecified atom stereocenters. The summed E-state index contributed by atoms with van der Waals surface area (Å²) in [6.07, 6.45) is 2.39. The lowest BCUT2D eigenvalue weighted by Crippen LogP contribution is -2.52. The molecule has 1 saturated heterocycles. The molecule has 0 radical (unpaired) electrons. The van der Waals surface area contributed by atoms with Crippen LogP contribution < -0.4 is 20.5 Å². The molecule has 0 bridgehead atoms. The van der Waals surface area contributed by atoms with Crippen molar-refractivity contribution in [3.05, 3.63) is 56.5 Å². The molecule has 3 fully saturated rings. The molecule has 230 valence electrons. The van der Waals surface area contributed by atoms with Crippen molar-refractivity contribution >= 4 is 11.6 Å². The molecule has 2 heterocycles. The molecule has 8 nitrogen and oxygen atoms in total. The number of anilines is 1. The van der Waals surface area contributed by atoms with Gasteiger partial charge in [0.2, 0.25) is 5.92 Å². The molecule has 1 aliphatic heterocycles. The number of rotatable bonds is 9. The molecule has 2 N–H and O–H groups in total. The van der Waals surface area contributed by atoms with Crippen LogP contribution in [0.2, 0.25) is 0 Å². The minimum atomic E-state index is -2.62. The van der Waals surface area contributed by atoms with Crippen LogP contribution in [0, 0.1) is 20.8 Å². The van der Waals surface area contributed by atoms with Crippen molar-refractivity contribution in [3.8, 4) is 5.75 Å². The first-order valence-corrected chi connectivity index (χ1v) is 15.3. The summed E-state index contributed by atoms with van der Waals surface area (Å²) in [5, 5.41) is 2.94. The number of pyridine rings is 1. The Morgan fingerprint density at radius 1 is 1.14 bits per heavy atom. The fraction of sp³-hybridized carbons (Fsp3) is 0.625. The van der Waals surface area contributed by atoms with Crippen molar-refractivity contribution in [2.24, 2.45) is 0 Å². The number of aromatic nitrogens is 1. The van der Waals surface area contributed by atoms with Crippen LogP contribution in [0.5, 0.6) is 5.75 Å². The number of carbonyl (C=O) groups is 1. The van der Waals surface area contributed by atoms with Crippen LogP contribution in [-0.2, 0) is 11.3 Å². The highest BCUT2D eigenvalue weighted by atomic mass is 19.3. The van der Waals surface area contributed by atoms with E-state index in [1.165, 1.54) is 0 Å². The molecule has 42 heavy (non-hydrogen) atoms. The number of hydrogen-bond donors (Lipinski definition) is 2. The molecule has 5 rings (SSSR count). The van der Waals surface area contributed by atoms with Gasteiger partial charge in [-0.3, -0.25) is 14.5 Å². The van der Waals surface area contributed by atoms with Gasteiger partial charge in [0.05, 0.1) is 13.2 Å². The number of ether oxygens (including phenoxy) is 2. The predicted octanol–water partition coefficient (Wildman–Crippen LogP) is 4.88. The Morgan fingerprint density at radius 2 is 1.83 bits per heavy atom. The molecule has 2 aliphatic carbocycles. The highest BCUT2D eigenvalue weighted by Crippen LogP contribution is 2.40. The van der Waals surface area contributed by atoms with E-state index in [1.54, 1.807) is 6.07 Å². The second-order valence-corrected chi connectivity index (χ2v) is 12.1. The quantitative estimate of drug-likeness (QED) is 0.436. The Hall–Kier alpha value is -2.98. The third kappa shape index (κ3) is 6.80. The lowest BCUT2D eigenvalue weighted by molar-refractivity contribution is -0.0382.